The van der Waals surface area contributed by atoms with Crippen molar-refractivity contribution in [1.82, 2.24) is 10.2 Å². The summed E-state index contributed by atoms with van der Waals surface area (Å²) in [6, 6.07) is 0.765. The van der Waals surface area contributed by atoms with Crippen molar-refractivity contribution in [3.63, 3.8) is 0 Å². The molecule has 1 saturated heterocycles. The normalized spacial score (nSPS) is 22.0. The summed E-state index contributed by atoms with van der Waals surface area (Å²) in [6.07, 6.45) is 9.46. The first-order valence-corrected chi connectivity index (χ1v) is 8.16. The van der Waals surface area contributed by atoms with Crippen molar-refractivity contribution in [2.45, 2.75) is 84.2 Å². The van der Waals surface area contributed by atoms with E-state index in [0.29, 0.717) is 5.54 Å². The van der Waals surface area contributed by atoms with Gasteiger partial charge in [-0.3, -0.25) is 4.90 Å². The molecule has 0 saturated carbocycles. The standard InChI is InChI=1S/C16H34N2/c1-5-8-9-10-11-15(4)18-13-12-17-16(6-2,7-3)14-18/h15,17H,5-14H2,1-4H3. The zero-order chi connectivity index (χ0) is 13.4. The average molecular weight is 254 g/mol. The van der Waals surface area contributed by atoms with E-state index in [0.717, 1.165) is 6.04 Å². The summed E-state index contributed by atoms with van der Waals surface area (Å²) in [5, 5.41) is 3.75. The maximum Gasteiger partial charge on any atom is 0.0304 e. The highest BCUT2D eigenvalue weighted by Crippen LogP contribution is 2.22. The van der Waals surface area contributed by atoms with E-state index in [4.69, 9.17) is 0 Å². The van der Waals surface area contributed by atoms with Crippen LogP contribution in [0.4, 0.5) is 0 Å². The highest BCUT2D eigenvalue weighted by molar-refractivity contribution is 4.93. The molecule has 0 aromatic rings. The van der Waals surface area contributed by atoms with Gasteiger partial charge in [-0.05, 0) is 26.2 Å². The molecule has 0 aliphatic carbocycles. The van der Waals surface area contributed by atoms with Crippen LogP contribution in [0.1, 0.15) is 72.6 Å². The number of rotatable bonds is 8. The molecule has 1 heterocycles. The lowest BCUT2D eigenvalue weighted by Gasteiger charge is -2.45. The molecule has 1 rings (SSSR count). The van der Waals surface area contributed by atoms with E-state index in [1.165, 1.54) is 64.6 Å². The van der Waals surface area contributed by atoms with Crippen LogP contribution in [-0.4, -0.2) is 36.1 Å². The minimum absolute atomic E-state index is 0.385. The van der Waals surface area contributed by atoms with E-state index in [9.17, 15) is 0 Å². The van der Waals surface area contributed by atoms with Crippen LogP contribution >= 0.6 is 0 Å². The zero-order valence-electron chi connectivity index (χ0n) is 13.1. The first-order valence-electron chi connectivity index (χ1n) is 8.16. The predicted molar refractivity (Wildman–Crippen MR) is 81.1 cm³/mol. The highest BCUT2D eigenvalue weighted by atomic mass is 15.2. The predicted octanol–water partition coefficient (Wildman–Crippen LogP) is 3.81. The highest BCUT2D eigenvalue weighted by Gasteiger charge is 2.33. The third kappa shape index (κ3) is 4.55. The first kappa shape index (κ1) is 16.0. The fourth-order valence-electron chi connectivity index (χ4n) is 3.14. The third-order valence-electron chi connectivity index (χ3n) is 4.86. The molecule has 1 atom stereocenters. The second kappa shape index (κ2) is 8.16. The van der Waals surface area contributed by atoms with Gasteiger partial charge in [-0.25, -0.2) is 0 Å². The van der Waals surface area contributed by atoms with Gasteiger partial charge in [0.1, 0.15) is 0 Å². The SMILES string of the molecule is CCCCCCC(C)N1CCNC(CC)(CC)C1. The summed E-state index contributed by atoms with van der Waals surface area (Å²) in [4.78, 5) is 2.72. The van der Waals surface area contributed by atoms with Crippen LogP contribution in [0.2, 0.25) is 0 Å². The minimum Gasteiger partial charge on any atom is -0.309 e. The van der Waals surface area contributed by atoms with Gasteiger partial charge >= 0.3 is 0 Å². The maximum atomic E-state index is 3.75. The van der Waals surface area contributed by atoms with E-state index in [2.05, 4.69) is 37.9 Å². The summed E-state index contributed by atoms with van der Waals surface area (Å²) in [5.41, 5.74) is 0.385. The Balaban J connectivity index is 2.35. The molecule has 1 unspecified atom stereocenters. The van der Waals surface area contributed by atoms with Crippen molar-refractivity contribution in [1.29, 1.82) is 0 Å². The molecule has 1 aliphatic heterocycles. The Hall–Kier alpha value is -0.0800. The van der Waals surface area contributed by atoms with Crippen molar-refractivity contribution in [2.24, 2.45) is 0 Å². The van der Waals surface area contributed by atoms with Crippen LogP contribution in [0, 0.1) is 0 Å². The third-order valence-corrected chi connectivity index (χ3v) is 4.86. The lowest BCUT2D eigenvalue weighted by molar-refractivity contribution is 0.0874. The number of nitrogens with one attached hydrogen (secondary N) is 1. The fraction of sp³-hybridized carbons (Fsp3) is 1.00. The van der Waals surface area contributed by atoms with Crippen LogP contribution in [-0.2, 0) is 0 Å². The Morgan fingerprint density at radius 2 is 1.83 bits per heavy atom. The lowest BCUT2D eigenvalue weighted by atomic mass is 9.89. The van der Waals surface area contributed by atoms with Gasteiger partial charge in [0.05, 0.1) is 0 Å². The maximum absolute atomic E-state index is 3.75. The Morgan fingerprint density at radius 3 is 2.44 bits per heavy atom. The van der Waals surface area contributed by atoms with E-state index < -0.39 is 0 Å². The quantitative estimate of drug-likeness (QED) is 0.663. The topological polar surface area (TPSA) is 15.3 Å². The van der Waals surface area contributed by atoms with E-state index in [1.807, 2.05) is 0 Å². The molecule has 2 nitrogen and oxygen atoms in total. The molecule has 0 aromatic heterocycles. The number of hydrogen-bond acceptors (Lipinski definition) is 2. The first-order chi connectivity index (χ1) is 8.67. The van der Waals surface area contributed by atoms with Crippen LogP contribution in [0.15, 0.2) is 0 Å². The van der Waals surface area contributed by atoms with Crippen molar-refractivity contribution in [3.8, 4) is 0 Å². The lowest BCUT2D eigenvalue weighted by Crippen LogP contribution is -2.61. The molecule has 1 aliphatic rings. The van der Waals surface area contributed by atoms with Crippen LogP contribution in [0.3, 0.4) is 0 Å². The van der Waals surface area contributed by atoms with Gasteiger partial charge in [0.2, 0.25) is 0 Å². The Labute approximate surface area is 115 Å². The van der Waals surface area contributed by atoms with Gasteiger partial charge in [-0.15, -0.1) is 0 Å². The van der Waals surface area contributed by atoms with Crippen molar-refractivity contribution >= 4 is 0 Å². The van der Waals surface area contributed by atoms with Gasteiger partial charge in [0.15, 0.2) is 0 Å². The van der Waals surface area contributed by atoms with E-state index in [-0.39, 0.29) is 0 Å². The average Bonchev–Trinajstić information content (AvgIpc) is 2.43. The molecule has 0 spiro atoms. The molecule has 0 bridgehead atoms. The van der Waals surface area contributed by atoms with E-state index in [1.54, 1.807) is 0 Å². The van der Waals surface area contributed by atoms with Gasteiger partial charge in [-0.2, -0.15) is 0 Å². The largest absolute Gasteiger partial charge is 0.309 e. The minimum atomic E-state index is 0.385. The molecular weight excluding hydrogens is 220 g/mol. The Bertz CT molecular complexity index is 211. The number of hydrogen-bond donors (Lipinski definition) is 1. The van der Waals surface area contributed by atoms with E-state index >= 15 is 0 Å². The summed E-state index contributed by atoms with van der Waals surface area (Å²) < 4.78 is 0. The molecule has 0 radical (unpaired) electrons. The summed E-state index contributed by atoms with van der Waals surface area (Å²) >= 11 is 0. The number of piperazine rings is 1. The van der Waals surface area contributed by atoms with Gasteiger partial charge in [0.25, 0.3) is 0 Å². The molecular formula is C16H34N2. The van der Waals surface area contributed by atoms with Crippen molar-refractivity contribution in [2.75, 3.05) is 19.6 Å². The monoisotopic (exact) mass is 254 g/mol. The second-order valence-corrected chi connectivity index (χ2v) is 6.08. The number of unbranched alkanes of at least 4 members (excludes halogenated alkanes) is 3. The Kier molecular flexibility index (Phi) is 7.25. The molecule has 108 valence electrons. The molecule has 1 N–H and O–H groups in total. The number of nitrogens with zero attached hydrogens (tertiary/aromatic N) is 1. The smallest absolute Gasteiger partial charge is 0.0304 e. The molecule has 1 fully saturated rings. The summed E-state index contributed by atoms with van der Waals surface area (Å²) in [7, 11) is 0. The van der Waals surface area contributed by atoms with Crippen LogP contribution in [0.5, 0.6) is 0 Å². The summed E-state index contributed by atoms with van der Waals surface area (Å²) in [5.74, 6) is 0. The van der Waals surface area contributed by atoms with Crippen molar-refractivity contribution in [3.05, 3.63) is 0 Å². The van der Waals surface area contributed by atoms with Gasteiger partial charge in [-0.1, -0.05) is 46.5 Å². The van der Waals surface area contributed by atoms with Crippen LogP contribution < -0.4 is 5.32 Å². The molecule has 0 amide bonds. The van der Waals surface area contributed by atoms with Gasteiger partial charge in [0, 0.05) is 31.2 Å². The molecule has 0 aromatic carbocycles. The Morgan fingerprint density at radius 1 is 1.11 bits per heavy atom. The second-order valence-electron chi connectivity index (χ2n) is 6.08. The summed E-state index contributed by atoms with van der Waals surface area (Å²) in [6.45, 7) is 13.0. The fourth-order valence-corrected chi connectivity index (χ4v) is 3.14. The zero-order valence-corrected chi connectivity index (χ0v) is 13.1. The van der Waals surface area contributed by atoms with Crippen molar-refractivity contribution < 1.29 is 0 Å². The van der Waals surface area contributed by atoms with Gasteiger partial charge < -0.3 is 5.32 Å². The van der Waals surface area contributed by atoms with Crippen LogP contribution in [0.25, 0.3) is 0 Å². The molecule has 2 heteroatoms. The molecule has 18 heavy (non-hydrogen) atoms.